The van der Waals surface area contributed by atoms with E-state index in [2.05, 4.69) is 15.9 Å². The molecular formula is C12H18Cl2N2S. The number of halogens is 2. The van der Waals surface area contributed by atoms with Crippen molar-refractivity contribution in [2.24, 2.45) is 0 Å². The average Bonchev–Trinajstić information content (AvgIpc) is 2.58. The van der Waals surface area contributed by atoms with Gasteiger partial charge in [-0.2, -0.15) is 0 Å². The van der Waals surface area contributed by atoms with Crippen LogP contribution in [0.25, 0.3) is 0 Å². The minimum atomic E-state index is 0.737. The van der Waals surface area contributed by atoms with Gasteiger partial charge in [-0.1, -0.05) is 11.6 Å². The lowest BCUT2D eigenvalue weighted by Gasteiger charge is -2.20. The van der Waals surface area contributed by atoms with Crippen molar-refractivity contribution < 1.29 is 0 Å². The summed E-state index contributed by atoms with van der Waals surface area (Å²) in [5.74, 6) is 0.737. The Bertz CT molecular complexity index is 343. The highest BCUT2D eigenvalue weighted by atomic mass is 35.5. The number of hydrogen-bond donors (Lipinski definition) is 0. The molecule has 0 N–H and O–H groups in total. The first-order chi connectivity index (χ1) is 8.28. The minimum absolute atomic E-state index is 0.737. The molecule has 0 bridgehead atoms. The summed E-state index contributed by atoms with van der Waals surface area (Å²) >= 11 is 13.4. The van der Waals surface area contributed by atoms with Gasteiger partial charge in [-0.3, -0.25) is 4.90 Å². The molecule has 0 atom stereocenters. The van der Waals surface area contributed by atoms with Crippen LogP contribution in [0.2, 0.25) is 4.34 Å². The van der Waals surface area contributed by atoms with Crippen molar-refractivity contribution in [3.63, 3.8) is 0 Å². The van der Waals surface area contributed by atoms with Gasteiger partial charge in [-0.05, 0) is 31.6 Å². The van der Waals surface area contributed by atoms with Gasteiger partial charge in [0.2, 0.25) is 0 Å². The standard InChI is InChI=1S/C12H18Cl2N2S/c13-4-7-15-5-1-6-16(9-8-15)10-11-2-3-12(14)17-11/h2-3H,1,4-10H2. The molecule has 1 aromatic rings. The Morgan fingerprint density at radius 3 is 2.59 bits per heavy atom. The van der Waals surface area contributed by atoms with Crippen molar-refractivity contribution >= 4 is 34.5 Å². The largest absolute Gasteiger partial charge is 0.301 e. The van der Waals surface area contributed by atoms with Crippen molar-refractivity contribution in [2.75, 3.05) is 38.6 Å². The van der Waals surface area contributed by atoms with Gasteiger partial charge in [0.05, 0.1) is 4.34 Å². The van der Waals surface area contributed by atoms with E-state index in [1.165, 1.54) is 24.4 Å². The second-order valence-electron chi connectivity index (χ2n) is 4.37. The van der Waals surface area contributed by atoms with Crippen molar-refractivity contribution in [3.05, 3.63) is 21.3 Å². The Morgan fingerprint density at radius 2 is 1.88 bits per heavy atom. The van der Waals surface area contributed by atoms with E-state index in [1.54, 1.807) is 11.3 Å². The third kappa shape index (κ3) is 4.42. The highest BCUT2D eigenvalue weighted by Gasteiger charge is 2.14. The van der Waals surface area contributed by atoms with E-state index in [0.717, 1.165) is 36.4 Å². The molecular weight excluding hydrogens is 275 g/mol. The zero-order valence-corrected chi connectivity index (χ0v) is 12.2. The fraction of sp³-hybridized carbons (Fsp3) is 0.667. The zero-order valence-electron chi connectivity index (χ0n) is 9.87. The van der Waals surface area contributed by atoms with E-state index in [9.17, 15) is 0 Å². The number of rotatable bonds is 4. The van der Waals surface area contributed by atoms with Crippen molar-refractivity contribution in [3.8, 4) is 0 Å². The van der Waals surface area contributed by atoms with Gasteiger partial charge < -0.3 is 4.90 Å². The summed E-state index contributed by atoms with van der Waals surface area (Å²) in [4.78, 5) is 6.32. The molecule has 0 spiro atoms. The van der Waals surface area contributed by atoms with Gasteiger partial charge in [0, 0.05) is 36.9 Å². The molecule has 2 rings (SSSR count). The zero-order chi connectivity index (χ0) is 12.1. The maximum atomic E-state index is 5.95. The minimum Gasteiger partial charge on any atom is -0.301 e. The molecule has 5 heteroatoms. The maximum absolute atomic E-state index is 5.95. The van der Waals surface area contributed by atoms with Crippen LogP contribution in [0, 0.1) is 0 Å². The van der Waals surface area contributed by atoms with Crippen LogP contribution in [0.15, 0.2) is 12.1 Å². The van der Waals surface area contributed by atoms with Crippen LogP contribution in [0.1, 0.15) is 11.3 Å². The van der Waals surface area contributed by atoms with Gasteiger partial charge in [0.1, 0.15) is 0 Å². The SMILES string of the molecule is ClCCN1CCCN(Cc2ccc(Cl)s2)CC1. The molecule has 96 valence electrons. The first kappa shape index (κ1) is 13.6. The number of hydrogen-bond acceptors (Lipinski definition) is 3. The Labute approximate surface area is 117 Å². The monoisotopic (exact) mass is 292 g/mol. The fourth-order valence-electron chi connectivity index (χ4n) is 2.18. The Kier molecular flexibility index (Phi) is 5.57. The Balaban J connectivity index is 1.82. The first-order valence-electron chi connectivity index (χ1n) is 6.03. The lowest BCUT2D eigenvalue weighted by Crippen LogP contribution is -2.31. The maximum Gasteiger partial charge on any atom is 0.0931 e. The predicted molar refractivity (Wildman–Crippen MR) is 76.4 cm³/mol. The van der Waals surface area contributed by atoms with E-state index < -0.39 is 0 Å². The summed E-state index contributed by atoms with van der Waals surface area (Å²) in [6.45, 7) is 6.66. The number of thiophene rings is 1. The summed E-state index contributed by atoms with van der Waals surface area (Å²) in [6.07, 6.45) is 1.23. The lowest BCUT2D eigenvalue weighted by molar-refractivity contribution is 0.259. The first-order valence-corrected chi connectivity index (χ1v) is 7.76. The molecule has 0 unspecified atom stereocenters. The van der Waals surface area contributed by atoms with Crippen LogP contribution < -0.4 is 0 Å². The van der Waals surface area contributed by atoms with Gasteiger partial charge >= 0.3 is 0 Å². The van der Waals surface area contributed by atoms with Gasteiger partial charge in [-0.25, -0.2) is 0 Å². The molecule has 17 heavy (non-hydrogen) atoms. The number of alkyl halides is 1. The number of nitrogens with zero attached hydrogens (tertiary/aromatic N) is 2. The van der Waals surface area contributed by atoms with E-state index in [-0.39, 0.29) is 0 Å². The smallest absolute Gasteiger partial charge is 0.0931 e. The summed E-state index contributed by atoms with van der Waals surface area (Å²) in [5.41, 5.74) is 0. The lowest BCUT2D eigenvalue weighted by atomic mass is 10.3. The second-order valence-corrected chi connectivity index (χ2v) is 6.54. The molecule has 2 nitrogen and oxygen atoms in total. The van der Waals surface area contributed by atoms with Crippen molar-refractivity contribution in [1.82, 2.24) is 9.80 Å². The van der Waals surface area contributed by atoms with Gasteiger partial charge in [0.15, 0.2) is 0 Å². The van der Waals surface area contributed by atoms with Crippen molar-refractivity contribution in [2.45, 2.75) is 13.0 Å². The Hall–Kier alpha value is 0.200. The highest BCUT2D eigenvalue weighted by molar-refractivity contribution is 7.16. The molecule has 1 saturated heterocycles. The molecule has 0 saturated carbocycles. The van der Waals surface area contributed by atoms with E-state index in [4.69, 9.17) is 23.2 Å². The predicted octanol–water partition coefficient (Wildman–Crippen LogP) is 3.15. The van der Waals surface area contributed by atoms with E-state index in [0.29, 0.717) is 0 Å². The van der Waals surface area contributed by atoms with E-state index >= 15 is 0 Å². The third-order valence-corrected chi connectivity index (χ3v) is 4.48. The molecule has 0 aromatic carbocycles. The van der Waals surface area contributed by atoms with Crippen LogP contribution in [-0.4, -0.2) is 48.4 Å². The van der Waals surface area contributed by atoms with Crippen LogP contribution in [-0.2, 0) is 6.54 Å². The van der Waals surface area contributed by atoms with Crippen LogP contribution in [0.5, 0.6) is 0 Å². The summed E-state index contributed by atoms with van der Waals surface area (Å²) in [5, 5.41) is 0. The molecule has 1 aromatic heterocycles. The molecule has 0 aliphatic carbocycles. The summed E-state index contributed by atoms with van der Waals surface area (Å²) < 4.78 is 0.888. The van der Waals surface area contributed by atoms with Crippen molar-refractivity contribution in [1.29, 1.82) is 0 Å². The second kappa shape index (κ2) is 6.95. The molecule has 0 amide bonds. The molecule has 1 fully saturated rings. The normalized spacial score (nSPS) is 19.4. The average molecular weight is 293 g/mol. The highest BCUT2D eigenvalue weighted by Crippen LogP contribution is 2.23. The van der Waals surface area contributed by atoms with Gasteiger partial charge in [0.25, 0.3) is 0 Å². The van der Waals surface area contributed by atoms with Crippen LogP contribution in [0.4, 0.5) is 0 Å². The molecule has 2 heterocycles. The summed E-state index contributed by atoms with van der Waals surface area (Å²) in [6, 6.07) is 4.12. The van der Waals surface area contributed by atoms with Crippen LogP contribution in [0.3, 0.4) is 0 Å². The fourth-order valence-corrected chi connectivity index (χ4v) is 3.55. The van der Waals surface area contributed by atoms with Gasteiger partial charge in [-0.15, -0.1) is 22.9 Å². The summed E-state index contributed by atoms with van der Waals surface area (Å²) in [7, 11) is 0. The Morgan fingerprint density at radius 1 is 1.12 bits per heavy atom. The quantitative estimate of drug-likeness (QED) is 0.787. The topological polar surface area (TPSA) is 6.48 Å². The van der Waals surface area contributed by atoms with E-state index in [1.807, 2.05) is 6.07 Å². The molecule has 1 aliphatic rings. The third-order valence-electron chi connectivity index (χ3n) is 3.09. The molecule has 1 aliphatic heterocycles. The van der Waals surface area contributed by atoms with Crippen LogP contribution >= 0.6 is 34.5 Å². The molecule has 0 radical (unpaired) electrons.